The van der Waals surface area contributed by atoms with Crippen LogP contribution in [0.5, 0.6) is 0 Å². The standard InChI is InChI=1S/C13H25N3O/c1-4-8-15-13(14-2)16(3)9-5-12-6-10-17-11-7-12/h4,12H,1,5-11H2,2-3H3,(H,14,15). The van der Waals surface area contributed by atoms with E-state index >= 15 is 0 Å². The van der Waals surface area contributed by atoms with Gasteiger partial charge in [0.1, 0.15) is 0 Å². The Morgan fingerprint density at radius 3 is 2.82 bits per heavy atom. The summed E-state index contributed by atoms with van der Waals surface area (Å²) in [6.45, 7) is 7.35. The molecule has 0 spiro atoms. The Balaban J connectivity index is 2.26. The van der Waals surface area contributed by atoms with Crippen molar-refractivity contribution in [3.8, 4) is 0 Å². The zero-order valence-electron chi connectivity index (χ0n) is 11.1. The maximum absolute atomic E-state index is 5.37. The van der Waals surface area contributed by atoms with Gasteiger partial charge in [-0.2, -0.15) is 0 Å². The summed E-state index contributed by atoms with van der Waals surface area (Å²) in [5, 5.41) is 3.24. The third-order valence-corrected chi connectivity index (χ3v) is 3.19. The maximum atomic E-state index is 5.37. The van der Waals surface area contributed by atoms with Gasteiger partial charge >= 0.3 is 0 Å². The number of aliphatic imine (C=N–C) groups is 1. The molecule has 17 heavy (non-hydrogen) atoms. The molecule has 0 unspecified atom stereocenters. The topological polar surface area (TPSA) is 36.9 Å². The number of ether oxygens (including phenoxy) is 1. The van der Waals surface area contributed by atoms with Gasteiger partial charge in [0.15, 0.2) is 5.96 Å². The molecular formula is C13H25N3O. The average molecular weight is 239 g/mol. The molecule has 4 heteroatoms. The first-order valence-corrected chi connectivity index (χ1v) is 6.38. The summed E-state index contributed by atoms with van der Waals surface area (Å²) in [5.74, 6) is 1.75. The Bertz CT molecular complexity index is 247. The predicted molar refractivity (Wildman–Crippen MR) is 72.3 cm³/mol. The normalized spacial score (nSPS) is 17.9. The van der Waals surface area contributed by atoms with Crippen molar-refractivity contribution < 1.29 is 4.74 Å². The van der Waals surface area contributed by atoms with Crippen LogP contribution in [0.25, 0.3) is 0 Å². The second kappa shape index (κ2) is 8.12. The predicted octanol–water partition coefficient (Wildman–Crippen LogP) is 1.50. The molecule has 0 aromatic rings. The fraction of sp³-hybridized carbons (Fsp3) is 0.769. The molecule has 98 valence electrons. The smallest absolute Gasteiger partial charge is 0.193 e. The molecule has 0 bridgehead atoms. The van der Waals surface area contributed by atoms with Gasteiger partial charge in [0.05, 0.1) is 0 Å². The van der Waals surface area contributed by atoms with E-state index < -0.39 is 0 Å². The zero-order valence-corrected chi connectivity index (χ0v) is 11.1. The Morgan fingerprint density at radius 1 is 1.53 bits per heavy atom. The largest absolute Gasteiger partial charge is 0.381 e. The molecule has 1 rings (SSSR count). The van der Waals surface area contributed by atoms with Gasteiger partial charge in [-0.25, -0.2) is 0 Å². The fourth-order valence-electron chi connectivity index (χ4n) is 2.07. The highest BCUT2D eigenvalue weighted by atomic mass is 16.5. The van der Waals surface area contributed by atoms with Gasteiger partial charge in [0, 0.05) is 40.4 Å². The molecule has 0 amide bonds. The van der Waals surface area contributed by atoms with Crippen molar-refractivity contribution in [3.63, 3.8) is 0 Å². The van der Waals surface area contributed by atoms with Crippen LogP contribution in [0.3, 0.4) is 0 Å². The van der Waals surface area contributed by atoms with Gasteiger partial charge in [-0.3, -0.25) is 4.99 Å². The molecule has 1 fully saturated rings. The highest BCUT2D eigenvalue weighted by Crippen LogP contribution is 2.18. The Hall–Kier alpha value is -1.03. The third kappa shape index (κ3) is 5.22. The molecule has 1 aliphatic heterocycles. The minimum atomic E-state index is 0.758. The molecule has 1 saturated heterocycles. The molecule has 1 heterocycles. The second-order valence-corrected chi connectivity index (χ2v) is 4.48. The lowest BCUT2D eigenvalue weighted by atomic mass is 9.96. The van der Waals surface area contributed by atoms with Crippen LogP contribution in [0.2, 0.25) is 0 Å². The summed E-state index contributed by atoms with van der Waals surface area (Å²) >= 11 is 0. The lowest BCUT2D eigenvalue weighted by Gasteiger charge is -2.26. The van der Waals surface area contributed by atoms with E-state index in [4.69, 9.17) is 4.74 Å². The van der Waals surface area contributed by atoms with E-state index in [-0.39, 0.29) is 0 Å². The molecule has 0 aliphatic carbocycles. The van der Waals surface area contributed by atoms with Crippen LogP contribution in [0.1, 0.15) is 19.3 Å². The van der Waals surface area contributed by atoms with Crippen LogP contribution in [-0.4, -0.2) is 51.3 Å². The summed E-state index contributed by atoms with van der Waals surface area (Å²) in [6, 6.07) is 0. The second-order valence-electron chi connectivity index (χ2n) is 4.48. The van der Waals surface area contributed by atoms with Crippen molar-refractivity contribution in [2.24, 2.45) is 10.9 Å². The molecule has 0 saturated carbocycles. The molecule has 4 nitrogen and oxygen atoms in total. The summed E-state index contributed by atoms with van der Waals surface area (Å²) in [4.78, 5) is 6.43. The highest BCUT2D eigenvalue weighted by molar-refractivity contribution is 5.79. The zero-order chi connectivity index (χ0) is 12.5. The summed E-state index contributed by atoms with van der Waals surface area (Å²) in [6.07, 6.45) is 5.46. The lowest BCUT2D eigenvalue weighted by Crippen LogP contribution is -2.40. The van der Waals surface area contributed by atoms with Crippen LogP contribution >= 0.6 is 0 Å². The number of nitrogens with zero attached hydrogens (tertiary/aromatic N) is 2. The van der Waals surface area contributed by atoms with Crippen molar-refractivity contribution >= 4 is 5.96 Å². The first-order valence-electron chi connectivity index (χ1n) is 6.38. The Kier molecular flexibility index (Phi) is 6.70. The number of guanidine groups is 1. The highest BCUT2D eigenvalue weighted by Gasteiger charge is 2.15. The van der Waals surface area contributed by atoms with Crippen molar-refractivity contribution in [1.82, 2.24) is 10.2 Å². The van der Waals surface area contributed by atoms with Crippen LogP contribution in [-0.2, 0) is 4.74 Å². The van der Waals surface area contributed by atoms with Crippen LogP contribution < -0.4 is 5.32 Å². The van der Waals surface area contributed by atoms with E-state index in [2.05, 4.69) is 28.8 Å². The van der Waals surface area contributed by atoms with Gasteiger partial charge in [-0.15, -0.1) is 6.58 Å². The lowest BCUT2D eigenvalue weighted by molar-refractivity contribution is 0.0625. The van der Waals surface area contributed by atoms with Gasteiger partial charge < -0.3 is 15.0 Å². The van der Waals surface area contributed by atoms with Crippen molar-refractivity contribution in [2.75, 3.05) is 40.4 Å². The van der Waals surface area contributed by atoms with Crippen LogP contribution in [0.4, 0.5) is 0 Å². The fourth-order valence-corrected chi connectivity index (χ4v) is 2.07. The van der Waals surface area contributed by atoms with Gasteiger partial charge in [0.25, 0.3) is 0 Å². The number of nitrogens with one attached hydrogen (secondary N) is 1. The van der Waals surface area contributed by atoms with Crippen LogP contribution in [0, 0.1) is 5.92 Å². The van der Waals surface area contributed by atoms with Gasteiger partial charge in [0.2, 0.25) is 0 Å². The van der Waals surface area contributed by atoms with E-state index in [9.17, 15) is 0 Å². The van der Waals surface area contributed by atoms with Gasteiger partial charge in [-0.1, -0.05) is 6.08 Å². The quantitative estimate of drug-likeness (QED) is 0.449. The van der Waals surface area contributed by atoms with Crippen molar-refractivity contribution in [3.05, 3.63) is 12.7 Å². The first-order chi connectivity index (χ1) is 8.27. The molecule has 1 aliphatic rings. The minimum Gasteiger partial charge on any atom is -0.381 e. The maximum Gasteiger partial charge on any atom is 0.193 e. The molecule has 0 aromatic heterocycles. The molecular weight excluding hydrogens is 214 g/mol. The summed E-state index contributed by atoms with van der Waals surface area (Å²) in [7, 11) is 3.90. The number of hydrogen-bond acceptors (Lipinski definition) is 2. The SMILES string of the molecule is C=CCNC(=NC)N(C)CCC1CCOCC1. The summed E-state index contributed by atoms with van der Waals surface area (Å²) in [5.41, 5.74) is 0. The molecule has 0 aromatic carbocycles. The van der Waals surface area contributed by atoms with E-state index in [1.165, 1.54) is 19.3 Å². The Labute approximate surface area is 105 Å². The number of rotatable bonds is 5. The van der Waals surface area contributed by atoms with E-state index in [0.717, 1.165) is 38.2 Å². The average Bonchev–Trinajstić information content (AvgIpc) is 2.38. The first kappa shape index (κ1) is 14.0. The van der Waals surface area contributed by atoms with Crippen molar-refractivity contribution in [1.29, 1.82) is 0 Å². The van der Waals surface area contributed by atoms with Gasteiger partial charge in [-0.05, 0) is 25.2 Å². The minimum absolute atomic E-state index is 0.758. The monoisotopic (exact) mass is 239 g/mol. The number of hydrogen-bond donors (Lipinski definition) is 1. The van der Waals surface area contributed by atoms with Crippen molar-refractivity contribution in [2.45, 2.75) is 19.3 Å². The molecule has 0 radical (unpaired) electrons. The van der Waals surface area contributed by atoms with Crippen LogP contribution in [0.15, 0.2) is 17.6 Å². The summed E-state index contributed by atoms with van der Waals surface area (Å²) < 4.78 is 5.37. The van der Waals surface area contributed by atoms with E-state index in [0.29, 0.717) is 0 Å². The van der Waals surface area contributed by atoms with E-state index in [1.807, 2.05) is 13.1 Å². The molecule has 0 atom stereocenters. The molecule has 1 N–H and O–H groups in total. The third-order valence-electron chi connectivity index (χ3n) is 3.19. The Morgan fingerprint density at radius 2 is 2.24 bits per heavy atom. The van der Waals surface area contributed by atoms with E-state index in [1.54, 1.807) is 0 Å².